The van der Waals surface area contributed by atoms with E-state index in [4.69, 9.17) is 11.6 Å². The highest BCUT2D eigenvalue weighted by molar-refractivity contribution is 6.34. The van der Waals surface area contributed by atoms with Gasteiger partial charge in [-0.2, -0.15) is 10.5 Å². The maximum atomic E-state index is 15.7. The van der Waals surface area contributed by atoms with E-state index in [9.17, 15) is 15.3 Å². The molecule has 0 spiro atoms. The van der Waals surface area contributed by atoms with E-state index in [0.29, 0.717) is 55.7 Å². The Kier molecular flexibility index (Phi) is 6.00. The molecule has 2 aliphatic heterocycles. The van der Waals surface area contributed by atoms with E-state index < -0.39 is 17.6 Å². The number of hydrogen-bond acceptors (Lipinski definition) is 5. The molecule has 1 N–H and O–H groups in total. The van der Waals surface area contributed by atoms with E-state index >= 15 is 4.39 Å². The summed E-state index contributed by atoms with van der Waals surface area (Å²) in [6.07, 6.45) is 0. The van der Waals surface area contributed by atoms with Gasteiger partial charge in [0.25, 0.3) is 5.91 Å². The van der Waals surface area contributed by atoms with Gasteiger partial charge in [0.05, 0.1) is 46.3 Å². The average Bonchev–Trinajstić information content (AvgIpc) is 3.22. The minimum Gasteiger partial charge on any atom is -0.350 e. The summed E-state index contributed by atoms with van der Waals surface area (Å²) in [5.74, 6) is -1.46. The Morgan fingerprint density at radius 3 is 2.38 bits per heavy atom. The van der Waals surface area contributed by atoms with Crippen LogP contribution in [0.15, 0.2) is 57.9 Å². The highest BCUT2D eigenvalue weighted by Crippen LogP contribution is 2.43. The predicted molar refractivity (Wildman–Crippen MR) is 127 cm³/mol. The molecule has 4 rings (SSSR count). The van der Waals surface area contributed by atoms with E-state index in [-0.39, 0.29) is 12.1 Å². The van der Waals surface area contributed by atoms with Gasteiger partial charge in [0, 0.05) is 29.6 Å². The highest BCUT2D eigenvalue weighted by Gasteiger charge is 2.36. The van der Waals surface area contributed by atoms with Gasteiger partial charge in [0.2, 0.25) is 0 Å². The zero-order valence-corrected chi connectivity index (χ0v) is 19.9. The Morgan fingerprint density at radius 1 is 1.18 bits per heavy atom. The average molecular weight is 474 g/mol. The number of carbonyl (C=O) groups excluding carboxylic acids is 1. The van der Waals surface area contributed by atoms with Gasteiger partial charge in [-0.3, -0.25) is 9.79 Å². The minimum atomic E-state index is -0.851. The molecule has 2 aliphatic rings. The molecule has 2 aromatic rings. The molecule has 0 fully saturated rings. The molecule has 34 heavy (non-hydrogen) atoms. The summed E-state index contributed by atoms with van der Waals surface area (Å²) >= 11 is 6.16. The van der Waals surface area contributed by atoms with Crippen molar-refractivity contribution < 1.29 is 9.18 Å². The zero-order chi connectivity index (χ0) is 24.7. The molecular formula is C26H21ClFN5O. The van der Waals surface area contributed by atoms with Gasteiger partial charge in [-0.25, -0.2) is 4.39 Å². The number of halogens is 2. The number of benzene rings is 2. The lowest BCUT2D eigenvalue weighted by molar-refractivity contribution is 0.0977. The molecule has 0 atom stereocenters. The number of allylic oxidation sites excluding steroid dienone is 4. The first-order valence-corrected chi connectivity index (χ1v) is 11.0. The van der Waals surface area contributed by atoms with Crippen LogP contribution in [0.25, 0.3) is 0 Å². The largest absolute Gasteiger partial charge is 0.350 e. The van der Waals surface area contributed by atoms with E-state index in [1.54, 1.807) is 63.1 Å². The summed E-state index contributed by atoms with van der Waals surface area (Å²) < 4.78 is 15.7. The van der Waals surface area contributed by atoms with Crippen molar-refractivity contribution in [3.05, 3.63) is 91.5 Å². The Balaban J connectivity index is 1.83. The van der Waals surface area contributed by atoms with E-state index in [0.717, 1.165) is 0 Å². The van der Waals surface area contributed by atoms with Crippen molar-refractivity contribution in [1.29, 1.82) is 10.5 Å². The number of aliphatic imine (C=N–C) groups is 1. The molecule has 0 saturated heterocycles. The van der Waals surface area contributed by atoms with Gasteiger partial charge in [-0.15, -0.1) is 0 Å². The number of rotatable bonds is 2. The summed E-state index contributed by atoms with van der Waals surface area (Å²) in [5, 5.41) is 22.9. The maximum Gasteiger partial charge on any atom is 0.258 e. The molecule has 0 aromatic heterocycles. The third kappa shape index (κ3) is 3.55. The number of hydrogen-bond donors (Lipinski definition) is 1. The number of nitriles is 2. The fourth-order valence-electron chi connectivity index (χ4n) is 4.43. The van der Waals surface area contributed by atoms with Crippen LogP contribution >= 0.6 is 11.6 Å². The van der Waals surface area contributed by atoms with Crippen molar-refractivity contribution in [3.63, 3.8) is 0 Å². The molecule has 170 valence electrons. The van der Waals surface area contributed by atoms with Crippen molar-refractivity contribution in [2.45, 2.75) is 33.2 Å². The molecular weight excluding hydrogens is 453 g/mol. The third-order valence-electron chi connectivity index (χ3n) is 6.58. The Labute approximate surface area is 202 Å². The van der Waals surface area contributed by atoms with Crippen LogP contribution in [0, 0.1) is 35.4 Å². The summed E-state index contributed by atoms with van der Waals surface area (Å²) in [7, 11) is 1.77. The Bertz CT molecular complexity index is 1390. The standard InChI is InChI=1S/C26H21ClFN5O/c1-13-21-12-31-25(32-26(34)16-7-5-6-8-22(16)27)17(21)9-18(24(13)28)23-19(10-29)14(2)33(4)15(3)20(23)11-30/h5-9,23H,12H2,1-4H3,(H,31,32,34). The number of nitrogens with one attached hydrogen (secondary N) is 1. The molecule has 2 aromatic carbocycles. The van der Waals surface area contributed by atoms with Gasteiger partial charge in [0.1, 0.15) is 11.7 Å². The van der Waals surface area contributed by atoms with E-state index in [1.165, 1.54) is 0 Å². The van der Waals surface area contributed by atoms with Crippen LogP contribution < -0.4 is 5.32 Å². The summed E-state index contributed by atoms with van der Waals surface area (Å²) in [4.78, 5) is 19.0. The number of fused-ring (bicyclic) bond motifs is 1. The number of amidine groups is 1. The molecule has 2 heterocycles. The topological polar surface area (TPSA) is 92.3 Å². The summed E-state index contributed by atoms with van der Waals surface area (Å²) in [6.45, 7) is 5.41. The van der Waals surface area contributed by atoms with Crippen molar-refractivity contribution in [2.24, 2.45) is 4.99 Å². The minimum absolute atomic E-state index is 0.206. The zero-order valence-electron chi connectivity index (χ0n) is 19.1. The van der Waals surface area contributed by atoms with Crippen LogP contribution in [0.2, 0.25) is 5.02 Å². The highest BCUT2D eigenvalue weighted by atomic mass is 35.5. The Hall–Kier alpha value is -3.94. The smallest absolute Gasteiger partial charge is 0.258 e. The number of amides is 1. The molecule has 0 radical (unpaired) electrons. The molecule has 0 aliphatic carbocycles. The van der Waals surface area contributed by atoms with Crippen molar-refractivity contribution in [1.82, 2.24) is 10.2 Å². The van der Waals surface area contributed by atoms with Crippen LogP contribution in [-0.4, -0.2) is 23.7 Å². The van der Waals surface area contributed by atoms with Crippen molar-refractivity contribution >= 4 is 23.3 Å². The first kappa shape index (κ1) is 23.2. The van der Waals surface area contributed by atoms with Gasteiger partial charge in [-0.05, 0) is 50.1 Å². The lowest BCUT2D eigenvalue weighted by Crippen LogP contribution is -2.31. The Morgan fingerprint density at radius 2 is 1.79 bits per heavy atom. The van der Waals surface area contributed by atoms with Crippen molar-refractivity contribution in [3.8, 4) is 12.1 Å². The second-order valence-electron chi connectivity index (χ2n) is 8.24. The monoisotopic (exact) mass is 473 g/mol. The maximum absolute atomic E-state index is 15.7. The van der Waals surface area contributed by atoms with Gasteiger partial charge < -0.3 is 10.2 Å². The summed E-state index contributed by atoms with van der Waals surface area (Å²) in [5.41, 5.74) is 4.02. The van der Waals surface area contributed by atoms with Gasteiger partial charge in [-0.1, -0.05) is 23.7 Å². The first-order valence-electron chi connectivity index (χ1n) is 10.6. The van der Waals surface area contributed by atoms with E-state index in [2.05, 4.69) is 22.4 Å². The summed E-state index contributed by atoms with van der Waals surface area (Å²) in [6, 6.07) is 12.6. The molecule has 1 amide bonds. The van der Waals surface area contributed by atoms with Crippen molar-refractivity contribution in [2.75, 3.05) is 7.05 Å². The quantitative estimate of drug-likeness (QED) is 0.656. The SMILES string of the molecule is CC1=C(C#N)C(c2cc3c(c(C)c2F)CN=C3NC(=O)c2ccccc2Cl)C(C#N)=C(C)N1C. The second-order valence-corrected chi connectivity index (χ2v) is 8.65. The lowest BCUT2D eigenvalue weighted by Gasteiger charge is -2.33. The van der Waals surface area contributed by atoms with E-state index in [1.807, 2.05) is 0 Å². The first-order chi connectivity index (χ1) is 16.2. The fourth-order valence-corrected chi connectivity index (χ4v) is 4.65. The third-order valence-corrected chi connectivity index (χ3v) is 6.91. The lowest BCUT2D eigenvalue weighted by atomic mass is 9.79. The molecule has 0 saturated carbocycles. The molecule has 0 unspecified atom stereocenters. The van der Waals surface area contributed by atoms with Crippen LogP contribution in [0.1, 0.15) is 52.4 Å². The van der Waals surface area contributed by atoms with Crippen LogP contribution in [0.4, 0.5) is 4.39 Å². The number of carbonyl (C=O) groups is 1. The second kappa shape index (κ2) is 8.78. The van der Waals surface area contributed by atoms with Gasteiger partial charge >= 0.3 is 0 Å². The van der Waals surface area contributed by atoms with Crippen LogP contribution in [-0.2, 0) is 6.54 Å². The van der Waals surface area contributed by atoms with Crippen LogP contribution in [0.3, 0.4) is 0 Å². The fraction of sp³-hybridized carbons (Fsp3) is 0.231. The molecule has 6 nitrogen and oxygen atoms in total. The molecule has 0 bridgehead atoms. The predicted octanol–water partition coefficient (Wildman–Crippen LogP) is 5.10. The molecule has 8 heteroatoms. The number of nitrogens with zero attached hydrogens (tertiary/aromatic N) is 4. The van der Waals surface area contributed by atoms with Crippen LogP contribution in [0.5, 0.6) is 0 Å². The normalized spacial score (nSPS) is 15.6. The van der Waals surface area contributed by atoms with Gasteiger partial charge in [0.15, 0.2) is 0 Å².